The Bertz CT molecular complexity index is 790. The molecule has 0 aliphatic carbocycles. The summed E-state index contributed by atoms with van der Waals surface area (Å²) in [6, 6.07) is 7.23. The van der Waals surface area contributed by atoms with E-state index in [1.165, 1.54) is 11.8 Å². The maximum Gasteiger partial charge on any atom is 0.262 e. The summed E-state index contributed by atoms with van der Waals surface area (Å²) in [5.74, 6) is 0.00798. The van der Waals surface area contributed by atoms with E-state index < -0.39 is 0 Å². The normalized spacial score (nSPS) is 18.4. The number of aliphatic hydroxyl groups is 1. The Balaban J connectivity index is 2.00. The Morgan fingerprint density at radius 2 is 2.12 bits per heavy atom. The van der Waals surface area contributed by atoms with Crippen LogP contribution >= 0.6 is 11.8 Å². The summed E-state index contributed by atoms with van der Waals surface area (Å²) in [6.07, 6.45) is 3.21. The lowest BCUT2D eigenvalue weighted by Gasteiger charge is -2.16. The zero-order valence-electron chi connectivity index (χ0n) is 13.4. The maximum atomic E-state index is 12.8. The van der Waals surface area contributed by atoms with Gasteiger partial charge in [0.05, 0.1) is 16.2 Å². The zero-order valence-corrected chi connectivity index (χ0v) is 14.2. The van der Waals surface area contributed by atoms with Crippen molar-refractivity contribution >= 4 is 28.6 Å². The van der Waals surface area contributed by atoms with Crippen LogP contribution in [0, 0.1) is 0 Å². The number of hydrogen-bond acceptors (Lipinski definition) is 5. The van der Waals surface area contributed by atoms with Crippen molar-refractivity contribution in [1.29, 1.82) is 0 Å². The fourth-order valence-corrected chi connectivity index (χ4v) is 4.00. The first-order chi connectivity index (χ1) is 11.7. The fraction of sp³-hybridized carbons (Fsp3) is 0.471. The van der Waals surface area contributed by atoms with Gasteiger partial charge in [0.2, 0.25) is 5.91 Å². The second kappa shape index (κ2) is 7.81. The summed E-state index contributed by atoms with van der Waals surface area (Å²) in [5.41, 5.74) is 0.518. The third kappa shape index (κ3) is 3.62. The first kappa shape index (κ1) is 17.0. The summed E-state index contributed by atoms with van der Waals surface area (Å²) in [5, 5.41) is 12.9. The van der Waals surface area contributed by atoms with Crippen molar-refractivity contribution in [3.05, 3.63) is 34.6 Å². The lowest BCUT2D eigenvalue weighted by atomic mass is 10.2. The largest absolute Gasteiger partial charge is 0.396 e. The van der Waals surface area contributed by atoms with Gasteiger partial charge in [-0.1, -0.05) is 30.3 Å². The second-order valence-corrected chi connectivity index (χ2v) is 7.01. The number of para-hydroxylation sites is 1. The highest BCUT2D eigenvalue weighted by Gasteiger charge is 2.24. The molecule has 1 atom stereocenters. The minimum atomic E-state index is -0.235. The van der Waals surface area contributed by atoms with Crippen LogP contribution in [0.4, 0.5) is 0 Å². The van der Waals surface area contributed by atoms with E-state index in [2.05, 4.69) is 10.3 Å². The molecule has 1 aliphatic rings. The quantitative estimate of drug-likeness (QED) is 0.802. The van der Waals surface area contributed by atoms with Crippen LogP contribution in [-0.4, -0.2) is 39.0 Å². The summed E-state index contributed by atoms with van der Waals surface area (Å²) in [6.45, 7) is 1.11. The fourth-order valence-electron chi connectivity index (χ4n) is 2.81. The van der Waals surface area contributed by atoms with Crippen LogP contribution in [0.1, 0.15) is 25.7 Å². The molecule has 0 unspecified atom stereocenters. The van der Waals surface area contributed by atoms with Crippen molar-refractivity contribution in [1.82, 2.24) is 14.9 Å². The molecule has 1 aromatic carbocycles. The van der Waals surface area contributed by atoms with Gasteiger partial charge < -0.3 is 10.4 Å². The topological polar surface area (TPSA) is 84.2 Å². The van der Waals surface area contributed by atoms with Gasteiger partial charge in [0.15, 0.2) is 5.16 Å². The predicted octanol–water partition coefficient (Wildman–Crippen LogP) is 1.54. The molecule has 0 saturated carbocycles. The number of hydrogen-bond donors (Lipinski definition) is 2. The van der Waals surface area contributed by atoms with E-state index in [1.54, 1.807) is 10.6 Å². The second-order valence-electron chi connectivity index (χ2n) is 5.84. The van der Waals surface area contributed by atoms with Crippen LogP contribution in [0.3, 0.4) is 0 Å². The van der Waals surface area contributed by atoms with Gasteiger partial charge in [-0.2, -0.15) is 0 Å². The van der Waals surface area contributed by atoms with E-state index in [1.807, 2.05) is 18.2 Å². The number of carbonyl (C=O) groups is 1. The first-order valence-electron chi connectivity index (χ1n) is 8.25. The third-order valence-electron chi connectivity index (χ3n) is 4.10. The number of aliphatic hydroxyl groups excluding tert-OH is 1. The molecule has 2 aromatic rings. The molecule has 7 heteroatoms. The number of thioether (sulfide) groups is 1. The van der Waals surface area contributed by atoms with Gasteiger partial charge in [0, 0.05) is 19.7 Å². The molecule has 24 heavy (non-hydrogen) atoms. The molecule has 1 saturated heterocycles. The first-order valence-corrected chi connectivity index (χ1v) is 9.13. The Morgan fingerprint density at radius 3 is 2.96 bits per heavy atom. The van der Waals surface area contributed by atoms with Gasteiger partial charge in [0.25, 0.3) is 5.56 Å². The van der Waals surface area contributed by atoms with Crippen LogP contribution in [-0.2, 0) is 11.3 Å². The molecule has 1 aromatic heterocycles. The van der Waals surface area contributed by atoms with Gasteiger partial charge in [-0.15, -0.1) is 0 Å². The number of nitrogens with zero attached hydrogens (tertiary/aromatic N) is 2. The highest BCUT2D eigenvalue weighted by molar-refractivity contribution is 8.00. The standard InChI is InChI=1S/C17H21N3O3S/c21-11-5-10-20-16(23)12-6-1-2-7-13(12)19-17(20)24-14-8-3-4-9-18-15(14)22/h1-2,6-7,14,21H,3-5,8-11H2,(H,18,22)/t14-/m0/s1. The smallest absolute Gasteiger partial charge is 0.262 e. The van der Waals surface area contributed by atoms with Crippen molar-refractivity contribution in [3.63, 3.8) is 0 Å². The molecule has 0 spiro atoms. The van der Waals surface area contributed by atoms with E-state index in [0.29, 0.717) is 35.6 Å². The van der Waals surface area contributed by atoms with Crippen LogP contribution in [0.15, 0.2) is 34.2 Å². The molecule has 2 heterocycles. The SMILES string of the molecule is O=C1NCCCC[C@@H]1Sc1nc2ccccc2c(=O)n1CCCO. The number of aromatic nitrogens is 2. The van der Waals surface area contributed by atoms with E-state index in [4.69, 9.17) is 5.11 Å². The number of amides is 1. The van der Waals surface area contributed by atoms with Crippen molar-refractivity contribution in [2.75, 3.05) is 13.2 Å². The maximum absolute atomic E-state index is 12.8. The van der Waals surface area contributed by atoms with Crippen LogP contribution in [0.25, 0.3) is 10.9 Å². The third-order valence-corrected chi connectivity index (χ3v) is 5.36. The van der Waals surface area contributed by atoms with Gasteiger partial charge in [0.1, 0.15) is 0 Å². The van der Waals surface area contributed by atoms with Crippen molar-refractivity contribution in [2.24, 2.45) is 0 Å². The molecule has 1 amide bonds. The van der Waals surface area contributed by atoms with E-state index in [-0.39, 0.29) is 23.3 Å². The summed E-state index contributed by atoms with van der Waals surface area (Å²) >= 11 is 1.35. The van der Waals surface area contributed by atoms with Gasteiger partial charge in [-0.3, -0.25) is 14.2 Å². The number of rotatable bonds is 5. The number of benzene rings is 1. The van der Waals surface area contributed by atoms with Crippen molar-refractivity contribution in [2.45, 2.75) is 42.6 Å². The number of fused-ring (bicyclic) bond motifs is 1. The number of carbonyl (C=O) groups excluding carboxylic acids is 1. The van der Waals surface area contributed by atoms with E-state index in [9.17, 15) is 9.59 Å². The molecule has 0 radical (unpaired) electrons. The lowest BCUT2D eigenvalue weighted by Crippen LogP contribution is -2.32. The minimum absolute atomic E-state index is 0.00723. The average molecular weight is 347 g/mol. The summed E-state index contributed by atoms with van der Waals surface area (Å²) in [7, 11) is 0. The average Bonchev–Trinajstić information content (AvgIpc) is 2.79. The molecule has 3 rings (SSSR count). The highest BCUT2D eigenvalue weighted by atomic mass is 32.2. The van der Waals surface area contributed by atoms with Crippen molar-refractivity contribution in [3.8, 4) is 0 Å². The Labute approximate surface area is 144 Å². The predicted molar refractivity (Wildman–Crippen MR) is 94.2 cm³/mol. The van der Waals surface area contributed by atoms with Gasteiger partial charge >= 0.3 is 0 Å². The summed E-state index contributed by atoms with van der Waals surface area (Å²) < 4.78 is 1.58. The molecule has 2 N–H and O–H groups in total. The minimum Gasteiger partial charge on any atom is -0.396 e. The summed E-state index contributed by atoms with van der Waals surface area (Å²) in [4.78, 5) is 29.6. The van der Waals surface area contributed by atoms with Crippen molar-refractivity contribution < 1.29 is 9.90 Å². The molecular weight excluding hydrogens is 326 g/mol. The van der Waals surface area contributed by atoms with Crippen LogP contribution in [0.2, 0.25) is 0 Å². The Hall–Kier alpha value is -1.86. The van der Waals surface area contributed by atoms with Crippen LogP contribution < -0.4 is 10.9 Å². The lowest BCUT2D eigenvalue weighted by molar-refractivity contribution is -0.120. The zero-order chi connectivity index (χ0) is 16.9. The molecule has 1 aliphatic heterocycles. The molecule has 6 nitrogen and oxygen atoms in total. The Kier molecular flexibility index (Phi) is 5.52. The molecular formula is C17H21N3O3S. The van der Waals surface area contributed by atoms with E-state index >= 15 is 0 Å². The van der Waals surface area contributed by atoms with Gasteiger partial charge in [-0.25, -0.2) is 4.98 Å². The molecule has 0 bridgehead atoms. The Morgan fingerprint density at radius 1 is 1.29 bits per heavy atom. The molecule has 1 fully saturated rings. The molecule has 128 valence electrons. The van der Waals surface area contributed by atoms with E-state index in [0.717, 1.165) is 19.3 Å². The van der Waals surface area contributed by atoms with Crippen LogP contribution in [0.5, 0.6) is 0 Å². The monoisotopic (exact) mass is 347 g/mol. The number of nitrogens with one attached hydrogen (secondary N) is 1. The highest BCUT2D eigenvalue weighted by Crippen LogP contribution is 2.27. The van der Waals surface area contributed by atoms with Gasteiger partial charge in [-0.05, 0) is 31.4 Å².